The molecule has 3 heterocycles. The molecule has 0 saturated carbocycles. The molecule has 0 radical (unpaired) electrons. The Kier molecular flexibility index (Phi) is 3.86. The van der Waals surface area contributed by atoms with E-state index in [2.05, 4.69) is 10.6 Å². The van der Waals surface area contributed by atoms with Crippen molar-refractivity contribution >= 4 is 23.4 Å². The van der Waals surface area contributed by atoms with Gasteiger partial charge in [-0.1, -0.05) is 30.3 Å². The van der Waals surface area contributed by atoms with E-state index in [1.807, 2.05) is 30.3 Å². The van der Waals surface area contributed by atoms with Gasteiger partial charge in [-0.3, -0.25) is 24.6 Å². The number of imide groups is 1. The number of hydrogen-bond donors (Lipinski definition) is 2. The van der Waals surface area contributed by atoms with Gasteiger partial charge >= 0.3 is 0 Å². The van der Waals surface area contributed by atoms with E-state index >= 15 is 0 Å². The van der Waals surface area contributed by atoms with Gasteiger partial charge in [-0.05, 0) is 37.1 Å². The zero-order valence-corrected chi connectivity index (χ0v) is 15.8. The fourth-order valence-electron chi connectivity index (χ4n) is 5.10. The maximum atomic E-state index is 14.0. The Morgan fingerprint density at radius 2 is 1.83 bits per heavy atom. The molecule has 2 N–H and O–H groups in total. The highest BCUT2D eigenvalue weighted by Gasteiger charge is 2.69. The first-order chi connectivity index (χ1) is 13.9. The predicted molar refractivity (Wildman–Crippen MR) is 103 cm³/mol. The number of halogens is 1. The van der Waals surface area contributed by atoms with Gasteiger partial charge in [-0.2, -0.15) is 0 Å². The minimum absolute atomic E-state index is 0.259. The Balaban J connectivity index is 1.52. The second-order valence-corrected chi connectivity index (χ2v) is 7.95. The van der Waals surface area contributed by atoms with E-state index in [0.29, 0.717) is 17.7 Å². The third-order valence-electron chi connectivity index (χ3n) is 6.38. The molecule has 4 atom stereocenters. The van der Waals surface area contributed by atoms with Crippen LogP contribution >= 0.6 is 0 Å². The van der Waals surface area contributed by atoms with Crippen LogP contribution in [-0.2, 0) is 26.3 Å². The van der Waals surface area contributed by atoms with Gasteiger partial charge < -0.3 is 5.32 Å². The molecule has 29 heavy (non-hydrogen) atoms. The summed E-state index contributed by atoms with van der Waals surface area (Å²) in [7, 11) is 0. The highest BCUT2D eigenvalue weighted by atomic mass is 19.1. The summed E-state index contributed by atoms with van der Waals surface area (Å²) in [5.41, 5.74) is 0.472. The second kappa shape index (κ2) is 6.22. The molecule has 3 aliphatic rings. The molecule has 2 fully saturated rings. The fourth-order valence-corrected chi connectivity index (χ4v) is 5.10. The van der Waals surface area contributed by atoms with Crippen molar-refractivity contribution < 1.29 is 18.8 Å². The molecule has 2 aromatic rings. The zero-order valence-electron chi connectivity index (χ0n) is 15.8. The number of fused-ring (bicyclic) bond motifs is 4. The van der Waals surface area contributed by atoms with Crippen molar-refractivity contribution in [2.24, 2.45) is 11.8 Å². The molecule has 2 saturated heterocycles. The van der Waals surface area contributed by atoms with Crippen LogP contribution in [0.15, 0.2) is 48.5 Å². The summed E-state index contributed by atoms with van der Waals surface area (Å²) in [6.07, 6.45) is 0.546. The van der Waals surface area contributed by atoms with Crippen molar-refractivity contribution in [1.29, 1.82) is 0 Å². The van der Waals surface area contributed by atoms with E-state index in [1.54, 1.807) is 6.92 Å². The summed E-state index contributed by atoms with van der Waals surface area (Å²) in [6.45, 7) is 2.05. The molecule has 1 spiro atoms. The second-order valence-electron chi connectivity index (χ2n) is 7.95. The van der Waals surface area contributed by atoms with Crippen LogP contribution in [0.2, 0.25) is 0 Å². The summed E-state index contributed by atoms with van der Waals surface area (Å²) < 4.78 is 14.0. The Bertz CT molecular complexity index is 1040. The van der Waals surface area contributed by atoms with Crippen molar-refractivity contribution in [3.63, 3.8) is 0 Å². The molecule has 3 aliphatic heterocycles. The molecular weight excluding hydrogens is 373 g/mol. The van der Waals surface area contributed by atoms with Crippen molar-refractivity contribution in [1.82, 2.24) is 10.2 Å². The highest BCUT2D eigenvalue weighted by Crippen LogP contribution is 2.52. The van der Waals surface area contributed by atoms with Gasteiger partial charge in [-0.25, -0.2) is 4.39 Å². The predicted octanol–water partition coefficient (Wildman–Crippen LogP) is 1.81. The van der Waals surface area contributed by atoms with Crippen molar-refractivity contribution in [2.45, 2.75) is 24.9 Å². The third kappa shape index (κ3) is 2.40. The highest BCUT2D eigenvalue weighted by molar-refractivity contribution is 6.15. The van der Waals surface area contributed by atoms with Gasteiger partial charge in [0, 0.05) is 23.8 Å². The smallest absolute Gasteiger partial charge is 0.250 e. The lowest BCUT2D eigenvalue weighted by Gasteiger charge is -2.29. The quantitative estimate of drug-likeness (QED) is 0.780. The molecule has 148 valence electrons. The van der Waals surface area contributed by atoms with Gasteiger partial charge in [-0.15, -0.1) is 0 Å². The van der Waals surface area contributed by atoms with Crippen LogP contribution in [0.1, 0.15) is 18.1 Å². The summed E-state index contributed by atoms with van der Waals surface area (Å²) in [4.78, 5) is 40.8. The molecule has 0 unspecified atom stereocenters. The molecule has 6 nitrogen and oxygen atoms in total. The lowest BCUT2D eigenvalue weighted by Crippen LogP contribution is -2.53. The van der Waals surface area contributed by atoms with E-state index in [-0.39, 0.29) is 18.4 Å². The van der Waals surface area contributed by atoms with Gasteiger partial charge in [0.1, 0.15) is 11.4 Å². The number of amides is 3. The first-order valence-electron chi connectivity index (χ1n) is 9.72. The van der Waals surface area contributed by atoms with Crippen LogP contribution in [0, 0.1) is 17.7 Å². The van der Waals surface area contributed by atoms with Crippen molar-refractivity contribution in [3.8, 4) is 0 Å². The van der Waals surface area contributed by atoms with Crippen LogP contribution in [0.3, 0.4) is 0 Å². The zero-order chi connectivity index (χ0) is 20.3. The summed E-state index contributed by atoms with van der Waals surface area (Å²) in [5, 5.41) is 5.92. The Labute approximate surface area is 167 Å². The van der Waals surface area contributed by atoms with Crippen LogP contribution in [0.25, 0.3) is 0 Å². The minimum Gasteiger partial charge on any atom is -0.324 e. The summed E-state index contributed by atoms with van der Waals surface area (Å²) in [6, 6.07) is 13.3. The molecule has 0 bridgehead atoms. The maximum absolute atomic E-state index is 14.0. The van der Waals surface area contributed by atoms with Gasteiger partial charge in [0.15, 0.2) is 0 Å². The number of hydrogen-bond acceptors (Lipinski definition) is 4. The monoisotopic (exact) mass is 393 g/mol. The first-order valence-corrected chi connectivity index (χ1v) is 9.72. The summed E-state index contributed by atoms with van der Waals surface area (Å²) in [5.74, 6) is -3.09. The molecule has 5 rings (SSSR count). The van der Waals surface area contributed by atoms with Crippen LogP contribution in [-0.4, -0.2) is 35.2 Å². The van der Waals surface area contributed by atoms with E-state index in [4.69, 9.17) is 0 Å². The molecule has 0 aliphatic carbocycles. The Hall–Kier alpha value is -3.06. The normalized spacial score (nSPS) is 30.1. The molecular formula is C22H20FN3O3. The lowest BCUT2D eigenvalue weighted by atomic mass is 9.76. The van der Waals surface area contributed by atoms with Crippen LogP contribution in [0.4, 0.5) is 10.1 Å². The standard InChI is InChI=1S/C22H20FN3O3/c1-12-17-18(20(28)26(19(17)27)10-9-13-5-3-2-4-6-13)22(25-12)15-11-14(23)7-8-16(15)24-21(22)29/h2-8,11-12,17-18,25H,9-10H2,1H3,(H,24,29)/t12-,17-,18+,22+/m1/s1. The Morgan fingerprint density at radius 1 is 1.07 bits per heavy atom. The number of likely N-dealkylation sites (tertiary alicyclic amines) is 1. The first kappa shape index (κ1) is 18.0. The Morgan fingerprint density at radius 3 is 2.59 bits per heavy atom. The van der Waals surface area contributed by atoms with Gasteiger partial charge in [0.2, 0.25) is 17.7 Å². The summed E-state index contributed by atoms with van der Waals surface area (Å²) >= 11 is 0. The van der Waals surface area contributed by atoms with E-state index in [1.165, 1.54) is 23.1 Å². The lowest BCUT2D eigenvalue weighted by molar-refractivity contribution is -0.142. The fraction of sp³-hybridized carbons (Fsp3) is 0.318. The number of carbonyl (C=O) groups is 3. The number of anilines is 1. The average Bonchev–Trinajstić information content (AvgIpc) is 3.26. The number of nitrogens with zero attached hydrogens (tertiary/aromatic N) is 1. The number of benzene rings is 2. The molecule has 3 amide bonds. The third-order valence-corrected chi connectivity index (χ3v) is 6.38. The maximum Gasteiger partial charge on any atom is 0.250 e. The van der Waals surface area contributed by atoms with E-state index < -0.39 is 35.1 Å². The largest absolute Gasteiger partial charge is 0.324 e. The molecule has 2 aromatic carbocycles. The van der Waals surface area contributed by atoms with E-state index in [9.17, 15) is 18.8 Å². The van der Waals surface area contributed by atoms with Crippen molar-refractivity contribution in [3.05, 3.63) is 65.5 Å². The number of nitrogens with one attached hydrogen (secondary N) is 2. The SMILES string of the molecule is C[C@H]1N[C@]2(C(=O)Nc3ccc(F)cc32)[C@@H]2C(=O)N(CCc3ccccc3)C(=O)[C@@H]21. The topological polar surface area (TPSA) is 78.5 Å². The van der Waals surface area contributed by atoms with E-state index in [0.717, 1.165) is 5.56 Å². The number of rotatable bonds is 3. The van der Waals surface area contributed by atoms with Crippen LogP contribution in [0.5, 0.6) is 0 Å². The van der Waals surface area contributed by atoms with Crippen LogP contribution < -0.4 is 10.6 Å². The minimum atomic E-state index is -1.42. The number of carbonyl (C=O) groups excluding carboxylic acids is 3. The average molecular weight is 393 g/mol. The van der Waals surface area contributed by atoms with Crippen molar-refractivity contribution in [2.75, 3.05) is 11.9 Å². The molecule has 7 heteroatoms. The van der Waals surface area contributed by atoms with Gasteiger partial charge in [0.25, 0.3) is 0 Å². The van der Waals surface area contributed by atoms with Gasteiger partial charge in [0.05, 0.1) is 11.8 Å². The molecule has 0 aromatic heterocycles.